The molecule has 0 aliphatic carbocycles. The Labute approximate surface area is 166 Å². The van der Waals surface area contributed by atoms with Crippen LogP contribution in [0, 0.1) is 0 Å². The number of morpholine rings is 1. The van der Waals surface area contributed by atoms with Crippen LogP contribution in [0.4, 0.5) is 11.5 Å². The van der Waals surface area contributed by atoms with E-state index < -0.39 is 0 Å². The minimum Gasteiger partial charge on any atom is -0.383 e. The first-order valence-corrected chi connectivity index (χ1v) is 9.79. The average Bonchev–Trinajstić information content (AvgIpc) is 3.19. The van der Waals surface area contributed by atoms with Gasteiger partial charge in [0.2, 0.25) is 5.91 Å². The van der Waals surface area contributed by atoms with Gasteiger partial charge < -0.3 is 15.8 Å². The van der Waals surface area contributed by atoms with Crippen molar-refractivity contribution in [3.63, 3.8) is 0 Å². The monoisotopic (exact) mass is 396 g/mol. The van der Waals surface area contributed by atoms with Gasteiger partial charge in [0.25, 0.3) is 0 Å². The topological polar surface area (TPSA) is 106 Å². The van der Waals surface area contributed by atoms with Gasteiger partial charge in [0.05, 0.1) is 31.0 Å². The van der Waals surface area contributed by atoms with Gasteiger partial charge in [-0.15, -0.1) is 11.3 Å². The number of anilines is 2. The Morgan fingerprint density at radius 1 is 1.32 bits per heavy atom. The molecule has 28 heavy (non-hydrogen) atoms. The molecule has 8 nitrogen and oxygen atoms in total. The van der Waals surface area contributed by atoms with Gasteiger partial charge in [0.1, 0.15) is 17.2 Å². The fourth-order valence-electron chi connectivity index (χ4n) is 2.95. The van der Waals surface area contributed by atoms with Crippen LogP contribution < -0.4 is 11.1 Å². The van der Waals surface area contributed by atoms with Crippen LogP contribution in [-0.2, 0) is 9.53 Å². The van der Waals surface area contributed by atoms with Gasteiger partial charge >= 0.3 is 0 Å². The lowest BCUT2D eigenvalue weighted by molar-refractivity contribution is -0.118. The third-order valence-corrected chi connectivity index (χ3v) is 5.27. The van der Waals surface area contributed by atoms with Crippen molar-refractivity contribution >= 4 is 28.7 Å². The molecule has 1 saturated heterocycles. The summed E-state index contributed by atoms with van der Waals surface area (Å²) in [7, 11) is 0. The molecule has 1 aliphatic heterocycles. The van der Waals surface area contributed by atoms with Crippen LogP contribution in [0.5, 0.6) is 0 Å². The highest BCUT2D eigenvalue weighted by atomic mass is 32.1. The fraction of sp³-hybridized carbons (Fsp3) is 0.263. The largest absolute Gasteiger partial charge is 0.383 e. The minimum atomic E-state index is -0.0350. The Hall–Kier alpha value is -2.88. The van der Waals surface area contributed by atoms with Crippen molar-refractivity contribution in [2.45, 2.75) is 0 Å². The molecule has 9 heteroatoms. The second-order valence-electron chi connectivity index (χ2n) is 6.38. The number of benzene rings is 1. The molecule has 1 amide bonds. The van der Waals surface area contributed by atoms with Crippen molar-refractivity contribution < 1.29 is 9.53 Å². The van der Waals surface area contributed by atoms with Crippen molar-refractivity contribution in [2.24, 2.45) is 0 Å². The molecule has 1 aromatic carbocycles. The molecule has 0 spiro atoms. The van der Waals surface area contributed by atoms with Gasteiger partial charge in [0, 0.05) is 35.9 Å². The van der Waals surface area contributed by atoms with Crippen LogP contribution in [0.3, 0.4) is 0 Å². The second kappa shape index (κ2) is 8.42. The zero-order chi connectivity index (χ0) is 19.3. The highest BCUT2D eigenvalue weighted by molar-refractivity contribution is 7.13. The molecule has 4 rings (SSSR count). The second-order valence-corrected chi connectivity index (χ2v) is 7.24. The molecule has 0 radical (unpaired) electrons. The number of amides is 1. The van der Waals surface area contributed by atoms with E-state index in [0.29, 0.717) is 31.1 Å². The summed E-state index contributed by atoms with van der Waals surface area (Å²) in [6.45, 7) is 3.27. The molecule has 3 N–H and O–H groups in total. The molecule has 1 fully saturated rings. The van der Waals surface area contributed by atoms with Crippen molar-refractivity contribution in [2.75, 3.05) is 43.9 Å². The Balaban J connectivity index is 1.47. The number of thiazole rings is 1. The summed E-state index contributed by atoms with van der Waals surface area (Å²) in [6, 6.07) is 7.65. The number of nitrogens with two attached hydrogens (primary N) is 1. The first kappa shape index (κ1) is 18.5. The molecule has 0 unspecified atom stereocenters. The van der Waals surface area contributed by atoms with E-state index in [1.807, 2.05) is 29.6 Å². The van der Waals surface area contributed by atoms with Crippen LogP contribution >= 0.6 is 11.3 Å². The van der Waals surface area contributed by atoms with Crippen LogP contribution in [0.15, 0.2) is 42.2 Å². The van der Waals surface area contributed by atoms with Crippen LogP contribution in [-0.4, -0.2) is 58.6 Å². The smallest absolute Gasteiger partial charge is 0.238 e. The molecule has 3 heterocycles. The molecule has 1 aliphatic rings. The maximum atomic E-state index is 12.3. The lowest BCUT2D eigenvalue weighted by Gasteiger charge is -2.25. The number of hydrogen-bond acceptors (Lipinski definition) is 8. The summed E-state index contributed by atoms with van der Waals surface area (Å²) >= 11 is 1.48. The van der Waals surface area contributed by atoms with E-state index in [0.717, 1.165) is 35.0 Å². The first-order chi connectivity index (χ1) is 13.7. The molecular weight excluding hydrogens is 376 g/mol. The summed E-state index contributed by atoms with van der Waals surface area (Å²) in [5.74, 6) is 0.368. The summed E-state index contributed by atoms with van der Waals surface area (Å²) in [5.41, 5.74) is 9.10. The summed E-state index contributed by atoms with van der Waals surface area (Å²) in [6.07, 6.45) is 3.07. The van der Waals surface area contributed by atoms with E-state index in [2.05, 4.69) is 25.2 Å². The fourth-order valence-corrected chi connectivity index (χ4v) is 3.80. The summed E-state index contributed by atoms with van der Waals surface area (Å²) in [5, 5.41) is 5.68. The Morgan fingerprint density at radius 2 is 2.18 bits per heavy atom. The molecular formula is C19H20N6O2S. The number of rotatable bonds is 5. The normalized spacial score (nSPS) is 14.7. The third-order valence-electron chi connectivity index (χ3n) is 4.39. The maximum Gasteiger partial charge on any atom is 0.238 e. The predicted octanol–water partition coefficient (Wildman–Crippen LogP) is 2.12. The van der Waals surface area contributed by atoms with E-state index >= 15 is 0 Å². The molecule has 0 saturated carbocycles. The maximum absolute atomic E-state index is 12.3. The minimum absolute atomic E-state index is 0.0350. The molecule has 2 aromatic heterocycles. The Bertz CT molecular complexity index is 970. The van der Waals surface area contributed by atoms with Gasteiger partial charge in [-0.05, 0) is 12.1 Å². The standard InChI is InChI=1S/C19H20N6O2S/c20-18-15(9-21-12-22-18)19-24-16(11-28-19)13-2-1-3-14(8-13)23-17(26)10-25-4-6-27-7-5-25/h1-3,8-9,11-12H,4-7,10H2,(H,23,26)(H2,20,21,22). The molecule has 0 bridgehead atoms. The van der Waals surface area contributed by atoms with E-state index in [9.17, 15) is 4.79 Å². The summed E-state index contributed by atoms with van der Waals surface area (Å²) in [4.78, 5) is 27.1. The zero-order valence-electron chi connectivity index (χ0n) is 15.2. The first-order valence-electron chi connectivity index (χ1n) is 8.91. The SMILES string of the molecule is Nc1ncncc1-c1nc(-c2cccc(NC(=O)CN3CCOCC3)c2)cs1. The molecule has 0 atom stereocenters. The predicted molar refractivity (Wildman–Crippen MR) is 109 cm³/mol. The van der Waals surface area contributed by atoms with Crippen molar-refractivity contribution in [1.82, 2.24) is 19.9 Å². The van der Waals surface area contributed by atoms with E-state index in [-0.39, 0.29) is 5.91 Å². The van der Waals surface area contributed by atoms with E-state index in [4.69, 9.17) is 10.5 Å². The van der Waals surface area contributed by atoms with Gasteiger partial charge in [-0.1, -0.05) is 12.1 Å². The van der Waals surface area contributed by atoms with Crippen LogP contribution in [0.25, 0.3) is 21.8 Å². The van der Waals surface area contributed by atoms with Gasteiger partial charge in [-0.25, -0.2) is 15.0 Å². The zero-order valence-corrected chi connectivity index (χ0v) is 16.0. The van der Waals surface area contributed by atoms with Gasteiger partial charge in [-0.2, -0.15) is 0 Å². The number of hydrogen-bond donors (Lipinski definition) is 2. The number of nitrogens with one attached hydrogen (secondary N) is 1. The number of nitrogens with zero attached hydrogens (tertiary/aromatic N) is 4. The lowest BCUT2D eigenvalue weighted by Crippen LogP contribution is -2.41. The summed E-state index contributed by atoms with van der Waals surface area (Å²) < 4.78 is 5.31. The van der Waals surface area contributed by atoms with Crippen molar-refractivity contribution in [1.29, 1.82) is 0 Å². The van der Waals surface area contributed by atoms with E-state index in [1.54, 1.807) is 6.20 Å². The highest BCUT2D eigenvalue weighted by Crippen LogP contribution is 2.31. The number of aromatic nitrogens is 3. The Kier molecular flexibility index (Phi) is 5.56. The average molecular weight is 396 g/mol. The lowest BCUT2D eigenvalue weighted by atomic mass is 10.1. The highest BCUT2D eigenvalue weighted by Gasteiger charge is 2.15. The number of carbonyl (C=O) groups is 1. The number of ether oxygens (including phenoxy) is 1. The molecule has 144 valence electrons. The van der Waals surface area contributed by atoms with Gasteiger partial charge in [0.15, 0.2) is 0 Å². The van der Waals surface area contributed by atoms with Crippen molar-refractivity contribution in [3.8, 4) is 21.8 Å². The van der Waals surface area contributed by atoms with Crippen molar-refractivity contribution in [3.05, 3.63) is 42.2 Å². The van der Waals surface area contributed by atoms with E-state index in [1.165, 1.54) is 17.7 Å². The Morgan fingerprint density at radius 3 is 3.00 bits per heavy atom. The molecule has 3 aromatic rings. The van der Waals surface area contributed by atoms with Crippen LogP contribution in [0.1, 0.15) is 0 Å². The third kappa shape index (κ3) is 4.33. The van der Waals surface area contributed by atoms with Crippen LogP contribution in [0.2, 0.25) is 0 Å². The number of nitrogen functional groups attached to an aromatic ring is 1. The quantitative estimate of drug-likeness (QED) is 0.680. The van der Waals surface area contributed by atoms with Gasteiger partial charge in [-0.3, -0.25) is 9.69 Å². The number of carbonyl (C=O) groups excluding carboxylic acids is 1.